The minimum atomic E-state index is -0.596. The Morgan fingerprint density at radius 3 is 2.59 bits per heavy atom. The number of nitrogens with zero attached hydrogens (tertiary/aromatic N) is 1. The summed E-state index contributed by atoms with van der Waals surface area (Å²) in [6.07, 6.45) is 1.33. The summed E-state index contributed by atoms with van der Waals surface area (Å²) in [6, 6.07) is 9.62. The molecular weight excluding hydrogens is 218 g/mol. The molecule has 0 radical (unpaired) electrons. The maximum absolute atomic E-state index is 11.3. The monoisotopic (exact) mass is 233 g/mol. The third-order valence-corrected chi connectivity index (χ3v) is 2.13. The van der Waals surface area contributed by atoms with Gasteiger partial charge >= 0.3 is 5.97 Å². The Bertz CT molecular complexity index is 431. The summed E-state index contributed by atoms with van der Waals surface area (Å²) < 4.78 is 4.53. The second-order valence-electron chi connectivity index (χ2n) is 3.45. The molecule has 4 nitrogen and oxygen atoms in total. The largest absolute Gasteiger partial charge is 0.512 e. The highest BCUT2D eigenvalue weighted by Gasteiger charge is 2.10. The van der Waals surface area contributed by atoms with E-state index in [1.165, 1.54) is 20.2 Å². The van der Waals surface area contributed by atoms with E-state index in [4.69, 9.17) is 0 Å². The maximum Gasteiger partial charge on any atom is 0.342 e. The van der Waals surface area contributed by atoms with Crippen molar-refractivity contribution in [2.24, 2.45) is 4.99 Å². The molecule has 0 aromatic heterocycles. The number of carbonyl (C=O) groups excluding carboxylic acids is 1. The molecule has 0 spiro atoms. The minimum Gasteiger partial charge on any atom is -0.512 e. The van der Waals surface area contributed by atoms with Crippen LogP contribution in [0.25, 0.3) is 0 Å². The predicted octanol–water partition coefficient (Wildman–Crippen LogP) is 2.26. The highest BCUT2D eigenvalue weighted by atomic mass is 16.5. The van der Waals surface area contributed by atoms with Crippen molar-refractivity contribution in [1.82, 2.24) is 0 Å². The molecule has 0 saturated heterocycles. The highest BCUT2D eigenvalue weighted by Crippen LogP contribution is 2.03. The number of ether oxygens (including phenoxy) is 1. The molecule has 0 aliphatic carbocycles. The lowest BCUT2D eigenvalue weighted by Crippen LogP contribution is -2.08. The Morgan fingerprint density at radius 2 is 2.06 bits per heavy atom. The molecule has 1 aromatic carbocycles. The van der Waals surface area contributed by atoms with E-state index in [9.17, 15) is 9.90 Å². The van der Waals surface area contributed by atoms with Crippen molar-refractivity contribution in [3.05, 3.63) is 47.2 Å². The van der Waals surface area contributed by atoms with Gasteiger partial charge in [0.2, 0.25) is 0 Å². The highest BCUT2D eigenvalue weighted by molar-refractivity contribution is 6.09. The van der Waals surface area contributed by atoms with Gasteiger partial charge in [-0.05, 0) is 12.5 Å². The first kappa shape index (κ1) is 13.0. The number of carbonyl (C=O) groups is 1. The van der Waals surface area contributed by atoms with Crippen LogP contribution >= 0.6 is 0 Å². The Kier molecular flexibility index (Phi) is 4.94. The summed E-state index contributed by atoms with van der Waals surface area (Å²) in [5.41, 5.74) is 1.10. The first-order valence-electron chi connectivity index (χ1n) is 5.17. The number of hydrogen-bond donors (Lipinski definition) is 1. The van der Waals surface area contributed by atoms with Crippen LogP contribution in [-0.2, 0) is 16.1 Å². The number of hydrogen-bond acceptors (Lipinski definition) is 4. The molecule has 0 fully saturated rings. The normalized spacial score (nSPS) is 12.4. The molecule has 0 amide bonds. The zero-order valence-corrected chi connectivity index (χ0v) is 9.88. The Hall–Kier alpha value is -2.10. The van der Waals surface area contributed by atoms with Crippen molar-refractivity contribution >= 4 is 12.2 Å². The number of benzene rings is 1. The van der Waals surface area contributed by atoms with Crippen molar-refractivity contribution in [2.45, 2.75) is 13.5 Å². The molecule has 0 heterocycles. The fourth-order valence-corrected chi connectivity index (χ4v) is 1.23. The van der Waals surface area contributed by atoms with Crippen molar-refractivity contribution in [3.8, 4) is 0 Å². The predicted molar refractivity (Wildman–Crippen MR) is 66.0 cm³/mol. The summed E-state index contributed by atoms with van der Waals surface area (Å²) in [7, 11) is 1.26. The van der Waals surface area contributed by atoms with Crippen molar-refractivity contribution < 1.29 is 14.6 Å². The van der Waals surface area contributed by atoms with Gasteiger partial charge in [0.15, 0.2) is 0 Å². The Labute approximate surface area is 100 Å². The quantitative estimate of drug-likeness (QED) is 0.375. The van der Waals surface area contributed by atoms with E-state index >= 15 is 0 Å². The molecule has 4 heteroatoms. The fraction of sp³-hybridized carbons (Fsp3) is 0.231. The van der Waals surface area contributed by atoms with E-state index in [2.05, 4.69) is 9.73 Å². The molecule has 90 valence electrons. The van der Waals surface area contributed by atoms with Gasteiger partial charge in [-0.25, -0.2) is 4.79 Å². The van der Waals surface area contributed by atoms with Gasteiger partial charge in [-0.15, -0.1) is 0 Å². The van der Waals surface area contributed by atoms with Gasteiger partial charge in [-0.2, -0.15) is 0 Å². The molecule has 0 aliphatic rings. The van der Waals surface area contributed by atoms with E-state index in [0.29, 0.717) is 6.54 Å². The second kappa shape index (κ2) is 6.48. The average Bonchev–Trinajstić information content (AvgIpc) is 2.34. The van der Waals surface area contributed by atoms with E-state index in [-0.39, 0.29) is 11.3 Å². The maximum atomic E-state index is 11.3. The Balaban J connectivity index is 2.70. The Morgan fingerprint density at radius 1 is 1.41 bits per heavy atom. The standard InChI is InChI=1S/C13H15NO3/c1-10(15)12(13(16)17-2)9-14-8-11-6-4-3-5-7-11/h3-7,9,15H,8H2,1-2H3. The third-order valence-electron chi connectivity index (χ3n) is 2.13. The van der Waals surface area contributed by atoms with Gasteiger partial charge in [0, 0.05) is 6.21 Å². The van der Waals surface area contributed by atoms with Crippen molar-refractivity contribution in [3.63, 3.8) is 0 Å². The number of aliphatic hydroxyl groups excluding tert-OH is 1. The van der Waals surface area contributed by atoms with Gasteiger partial charge in [0.25, 0.3) is 0 Å². The molecule has 0 atom stereocenters. The van der Waals surface area contributed by atoms with Crippen LogP contribution < -0.4 is 0 Å². The van der Waals surface area contributed by atoms with Crippen LogP contribution in [0.2, 0.25) is 0 Å². The van der Waals surface area contributed by atoms with Crippen LogP contribution in [0.4, 0.5) is 0 Å². The van der Waals surface area contributed by atoms with Crippen LogP contribution in [0.5, 0.6) is 0 Å². The molecule has 1 aromatic rings. The van der Waals surface area contributed by atoms with Crippen molar-refractivity contribution in [2.75, 3.05) is 7.11 Å². The van der Waals surface area contributed by atoms with Crippen LogP contribution in [0.3, 0.4) is 0 Å². The summed E-state index contributed by atoms with van der Waals surface area (Å²) >= 11 is 0. The third kappa shape index (κ3) is 4.10. The fourth-order valence-electron chi connectivity index (χ4n) is 1.23. The zero-order chi connectivity index (χ0) is 12.7. The average molecular weight is 233 g/mol. The molecular formula is C13H15NO3. The first-order chi connectivity index (χ1) is 8.15. The van der Waals surface area contributed by atoms with Crippen LogP contribution in [0, 0.1) is 0 Å². The van der Waals surface area contributed by atoms with Gasteiger partial charge in [-0.1, -0.05) is 30.3 Å². The van der Waals surface area contributed by atoms with Gasteiger partial charge in [0.1, 0.15) is 11.3 Å². The lowest BCUT2D eigenvalue weighted by atomic mass is 10.2. The molecule has 17 heavy (non-hydrogen) atoms. The van der Waals surface area contributed by atoms with E-state index < -0.39 is 5.97 Å². The van der Waals surface area contributed by atoms with E-state index in [1.807, 2.05) is 30.3 Å². The molecule has 1 N–H and O–H groups in total. The van der Waals surface area contributed by atoms with Crippen LogP contribution in [0.1, 0.15) is 12.5 Å². The zero-order valence-electron chi connectivity index (χ0n) is 9.88. The molecule has 0 unspecified atom stereocenters. The number of esters is 1. The smallest absolute Gasteiger partial charge is 0.342 e. The molecule has 0 bridgehead atoms. The molecule has 0 saturated carbocycles. The molecule has 0 aliphatic heterocycles. The lowest BCUT2D eigenvalue weighted by molar-refractivity contribution is -0.135. The number of allylic oxidation sites excluding steroid dienone is 1. The second-order valence-corrected chi connectivity index (χ2v) is 3.45. The first-order valence-corrected chi connectivity index (χ1v) is 5.17. The summed E-state index contributed by atoms with van der Waals surface area (Å²) in [5, 5.41) is 9.30. The summed E-state index contributed by atoms with van der Waals surface area (Å²) in [4.78, 5) is 15.4. The lowest BCUT2D eigenvalue weighted by Gasteiger charge is -2.00. The van der Waals surface area contributed by atoms with E-state index in [1.54, 1.807) is 0 Å². The number of rotatable bonds is 4. The van der Waals surface area contributed by atoms with Gasteiger partial charge in [0.05, 0.1) is 13.7 Å². The summed E-state index contributed by atoms with van der Waals surface area (Å²) in [5.74, 6) is -0.699. The van der Waals surface area contributed by atoms with Gasteiger partial charge in [-0.3, -0.25) is 4.99 Å². The van der Waals surface area contributed by atoms with Crippen LogP contribution in [0.15, 0.2) is 46.7 Å². The SMILES string of the molecule is COC(=O)C(C=NCc1ccccc1)=C(C)O. The van der Waals surface area contributed by atoms with Crippen molar-refractivity contribution in [1.29, 1.82) is 0 Å². The topological polar surface area (TPSA) is 58.9 Å². The number of methoxy groups -OCH3 is 1. The minimum absolute atomic E-state index is 0.0726. The number of aliphatic hydroxyl groups is 1. The van der Waals surface area contributed by atoms with Crippen LogP contribution in [-0.4, -0.2) is 24.4 Å². The van der Waals surface area contributed by atoms with Gasteiger partial charge < -0.3 is 9.84 Å². The van der Waals surface area contributed by atoms with E-state index in [0.717, 1.165) is 5.56 Å². The number of aliphatic imine (C=N–C) groups is 1. The summed E-state index contributed by atoms with van der Waals surface area (Å²) in [6.45, 7) is 1.87. The molecule has 1 rings (SSSR count).